The zero-order chi connectivity index (χ0) is 11.6. The minimum absolute atomic E-state index is 0.142. The van der Waals surface area contributed by atoms with Crippen LogP contribution in [-0.4, -0.2) is 18.5 Å². The molecule has 0 rings (SSSR count). The first kappa shape index (κ1) is 16.5. The Morgan fingerprint density at radius 2 is 1.13 bits per heavy atom. The Hall–Kier alpha value is 1.46. The van der Waals surface area contributed by atoms with Crippen molar-refractivity contribution in [3.05, 3.63) is 0 Å². The van der Waals surface area contributed by atoms with E-state index >= 15 is 0 Å². The van der Waals surface area contributed by atoms with Crippen LogP contribution in [-0.2, 0) is 18.1 Å². The van der Waals surface area contributed by atoms with Gasteiger partial charge in [-0.1, -0.05) is 0 Å². The molecule has 0 atom stereocenters. The molecule has 0 N–H and O–H groups in total. The van der Waals surface area contributed by atoms with E-state index in [1.54, 1.807) is 0 Å². The van der Waals surface area contributed by atoms with Gasteiger partial charge in [0.05, 0.1) is 0 Å². The fourth-order valence-corrected chi connectivity index (χ4v) is 15.2. The van der Waals surface area contributed by atoms with Crippen molar-refractivity contribution in [2.75, 3.05) is 18.5 Å². The van der Waals surface area contributed by atoms with Gasteiger partial charge in [-0.15, -0.1) is 0 Å². The predicted molar refractivity (Wildman–Crippen MR) is 73.5 cm³/mol. The average molecular weight is 436 g/mol. The fourth-order valence-electron chi connectivity index (χ4n) is 1.90. The number of halogens is 1. The van der Waals surface area contributed by atoms with E-state index < -0.39 is 5.15 Å². The monoisotopic (exact) mass is 435 g/mol. The van der Waals surface area contributed by atoms with E-state index in [-0.39, 0.29) is 18.1 Å². The van der Waals surface area contributed by atoms with Crippen LogP contribution < -0.4 is 0 Å². The molecular weight excluding hydrogens is 408 g/mol. The quantitative estimate of drug-likeness (QED) is 0.323. The normalized spacial score (nSPS) is 13.3. The summed E-state index contributed by atoms with van der Waals surface area (Å²) < 4.78 is 0. The summed E-state index contributed by atoms with van der Waals surface area (Å²) >= 11 is 0.142. The molecule has 0 amide bonds. The Kier molecular flexibility index (Phi) is 11.6. The summed E-state index contributed by atoms with van der Waals surface area (Å²) in [6, 6.07) is 0. The molecule has 0 aromatic rings. The number of hydrogen-bond acceptors (Lipinski definition) is 0. The fraction of sp³-hybridized carbons (Fsp3) is 1.00. The van der Waals surface area contributed by atoms with E-state index in [2.05, 4.69) is 20.8 Å². The molecule has 3 heteroatoms. The standard InChI is InChI=1S/C12H27P.Au.ClH/c1-4-7-10-13(11-8-5-2)12-9-6-3;;/h4-12H2,1-3H3;;1H. The predicted octanol–water partition coefficient (Wildman–Crippen LogP) is 5.29. The van der Waals surface area contributed by atoms with Crippen LogP contribution in [0.1, 0.15) is 59.3 Å². The van der Waals surface area contributed by atoms with Crippen LogP contribution in [0.25, 0.3) is 0 Å². The van der Waals surface area contributed by atoms with Crippen LogP contribution in [0.2, 0.25) is 0 Å². The average Bonchev–Trinajstić information content (AvgIpc) is 2.29. The molecule has 0 saturated heterocycles. The summed E-state index contributed by atoms with van der Waals surface area (Å²) in [7, 11) is 6.39. The van der Waals surface area contributed by atoms with Gasteiger partial charge < -0.3 is 0 Å². The second-order valence-corrected chi connectivity index (χ2v) is 19.1. The van der Waals surface area contributed by atoms with Crippen LogP contribution in [0.15, 0.2) is 0 Å². The number of rotatable bonds is 10. The van der Waals surface area contributed by atoms with Gasteiger partial charge in [0, 0.05) is 0 Å². The van der Waals surface area contributed by atoms with E-state index in [1.165, 1.54) is 57.0 Å². The Balaban J connectivity index is 4.16. The van der Waals surface area contributed by atoms with E-state index in [0.717, 1.165) is 0 Å². The van der Waals surface area contributed by atoms with Crippen molar-refractivity contribution >= 4 is 14.3 Å². The van der Waals surface area contributed by atoms with Crippen molar-refractivity contribution in [3.8, 4) is 0 Å². The third-order valence-corrected chi connectivity index (χ3v) is 20.3. The number of unbranched alkanes of at least 4 members (excludes halogenated alkanes) is 3. The summed E-state index contributed by atoms with van der Waals surface area (Å²) in [5.74, 6) is 0. The maximum absolute atomic E-state index is 6.39. The van der Waals surface area contributed by atoms with Gasteiger partial charge in [-0.2, -0.15) is 0 Å². The van der Waals surface area contributed by atoms with Gasteiger partial charge in [0.2, 0.25) is 0 Å². The molecule has 0 nitrogen and oxygen atoms in total. The molecule has 0 aromatic heterocycles. The Morgan fingerprint density at radius 1 is 0.800 bits per heavy atom. The van der Waals surface area contributed by atoms with Gasteiger partial charge in [0.1, 0.15) is 0 Å². The SMILES string of the molecule is CCCC[PH](CCCC)(CCCC)[Au][Cl]. The van der Waals surface area contributed by atoms with Crippen molar-refractivity contribution in [3.63, 3.8) is 0 Å². The van der Waals surface area contributed by atoms with Gasteiger partial charge in [-0.3, -0.25) is 0 Å². The molecule has 0 radical (unpaired) electrons. The zero-order valence-corrected chi connectivity index (χ0v) is 14.5. The second-order valence-electron chi connectivity index (χ2n) is 4.44. The molecule has 0 aliphatic carbocycles. The van der Waals surface area contributed by atoms with Crippen LogP contribution in [0.4, 0.5) is 0 Å². The molecule has 0 aliphatic rings. The third kappa shape index (κ3) is 7.40. The summed E-state index contributed by atoms with van der Waals surface area (Å²) in [5.41, 5.74) is 0. The molecule has 0 aromatic carbocycles. The Bertz CT molecular complexity index is 120. The van der Waals surface area contributed by atoms with E-state index in [4.69, 9.17) is 9.19 Å². The van der Waals surface area contributed by atoms with Gasteiger partial charge >= 0.3 is 110 Å². The van der Waals surface area contributed by atoms with Crippen LogP contribution >= 0.6 is 14.3 Å². The van der Waals surface area contributed by atoms with Crippen molar-refractivity contribution in [1.29, 1.82) is 0 Å². The first-order chi connectivity index (χ1) is 7.24. The van der Waals surface area contributed by atoms with E-state index in [0.29, 0.717) is 0 Å². The maximum atomic E-state index is 6.39. The molecule has 0 heterocycles. The second kappa shape index (κ2) is 10.6. The molecule has 0 unspecified atom stereocenters. The van der Waals surface area contributed by atoms with Crippen molar-refractivity contribution in [2.45, 2.75) is 59.3 Å². The molecule has 0 saturated carbocycles. The van der Waals surface area contributed by atoms with Gasteiger partial charge in [0.25, 0.3) is 0 Å². The summed E-state index contributed by atoms with van der Waals surface area (Å²) in [6.45, 7) is 6.93. The Labute approximate surface area is 110 Å². The third-order valence-electron chi connectivity index (χ3n) is 3.00. The van der Waals surface area contributed by atoms with Gasteiger partial charge in [-0.05, 0) is 0 Å². The van der Waals surface area contributed by atoms with Crippen LogP contribution in [0.5, 0.6) is 0 Å². The zero-order valence-electron chi connectivity index (χ0n) is 10.5. The van der Waals surface area contributed by atoms with E-state index in [1.807, 2.05) is 0 Å². The topological polar surface area (TPSA) is 0 Å². The summed E-state index contributed by atoms with van der Waals surface area (Å²) in [6.07, 6.45) is 12.9. The summed E-state index contributed by atoms with van der Waals surface area (Å²) in [4.78, 5) is 0. The van der Waals surface area contributed by atoms with Gasteiger partial charge in [0.15, 0.2) is 0 Å². The van der Waals surface area contributed by atoms with Crippen molar-refractivity contribution in [2.24, 2.45) is 0 Å². The molecule has 0 fully saturated rings. The van der Waals surface area contributed by atoms with Gasteiger partial charge in [-0.25, -0.2) is 0 Å². The molecule has 99 valence electrons. The molecule has 15 heavy (non-hydrogen) atoms. The van der Waals surface area contributed by atoms with Crippen molar-refractivity contribution < 1.29 is 18.1 Å². The first-order valence-electron chi connectivity index (χ1n) is 6.45. The van der Waals surface area contributed by atoms with Crippen LogP contribution in [0, 0.1) is 0 Å². The first-order valence-corrected chi connectivity index (χ1v) is 14.8. The Morgan fingerprint density at radius 3 is 1.33 bits per heavy atom. The molecular formula is C12H28AuClP. The van der Waals surface area contributed by atoms with Crippen LogP contribution in [0.3, 0.4) is 0 Å². The molecule has 0 aliphatic heterocycles. The molecule has 0 spiro atoms. The summed E-state index contributed by atoms with van der Waals surface area (Å²) in [5, 5.41) is -0.970. The van der Waals surface area contributed by atoms with Crippen molar-refractivity contribution in [1.82, 2.24) is 0 Å². The molecule has 0 bridgehead atoms. The number of hydrogen-bond donors (Lipinski definition) is 0. The minimum atomic E-state index is -0.970. The van der Waals surface area contributed by atoms with E-state index in [9.17, 15) is 0 Å².